The summed E-state index contributed by atoms with van der Waals surface area (Å²) in [6.45, 7) is 0. The topological polar surface area (TPSA) is 44.8 Å². The number of hydrogen-bond donors (Lipinski definition) is 0. The second-order valence-corrected chi connectivity index (χ2v) is 4.89. The van der Waals surface area contributed by atoms with E-state index >= 15 is 0 Å². The van der Waals surface area contributed by atoms with Crippen molar-refractivity contribution in [1.82, 2.24) is 0 Å². The summed E-state index contributed by atoms with van der Waals surface area (Å²) in [7, 11) is 3.05. The van der Waals surface area contributed by atoms with Crippen LogP contribution in [0.1, 0.15) is 12.0 Å². The predicted molar refractivity (Wildman–Crippen MR) is 73.6 cm³/mol. The molecule has 0 saturated heterocycles. The molecule has 0 fully saturated rings. The van der Waals surface area contributed by atoms with Gasteiger partial charge in [-0.15, -0.1) is 0 Å². The van der Waals surface area contributed by atoms with E-state index in [1.807, 2.05) is 30.4 Å². The van der Waals surface area contributed by atoms with Crippen LogP contribution < -0.4 is 9.47 Å². The lowest BCUT2D eigenvalue weighted by molar-refractivity contribution is -0.143. The molecule has 0 amide bonds. The number of carbonyl (C=O) groups excluding carboxylic acids is 1. The fraction of sp³-hybridized carbons (Fsp3) is 0.312. The highest BCUT2D eigenvalue weighted by Crippen LogP contribution is 2.41. The minimum Gasteiger partial charge on any atom is -0.493 e. The molecule has 4 heteroatoms. The van der Waals surface area contributed by atoms with Gasteiger partial charge in [0, 0.05) is 12.0 Å². The van der Waals surface area contributed by atoms with Gasteiger partial charge in [-0.05, 0) is 24.1 Å². The van der Waals surface area contributed by atoms with E-state index in [4.69, 9.17) is 14.2 Å². The van der Waals surface area contributed by atoms with E-state index in [2.05, 4.69) is 0 Å². The van der Waals surface area contributed by atoms with Gasteiger partial charge in [0.15, 0.2) is 11.5 Å². The molecule has 1 aromatic rings. The van der Waals surface area contributed by atoms with E-state index in [0.717, 1.165) is 34.8 Å². The van der Waals surface area contributed by atoms with Gasteiger partial charge in [0.25, 0.3) is 0 Å². The molecule has 1 aromatic carbocycles. The maximum Gasteiger partial charge on any atom is 0.312 e. The van der Waals surface area contributed by atoms with Crippen LogP contribution in [0.15, 0.2) is 41.7 Å². The van der Waals surface area contributed by atoms with Crippen molar-refractivity contribution in [3.63, 3.8) is 0 Å². The number of ether oxygens (including phenoxy) is 3. The Balaban J connectivity index is 1.89. The summed E-state index contributed by atoms with van der Waals surface area (Å²) in [5.74, 6) is 1.91. The molecule has 1 aliphatic carbocycles. The minimum absolute atomic E-state index is 0.204. The molecule has 4 nitrogen and oxygen atoms in total. The number of carbonyl (C=O) groups is 1. The second-order valence-electron chi connectivity index (χ2n) is 4.89. The highest BCUT2D eigenvalue weighted by atomic mass is 16.5. The Morgan fingerprint density at radius 3 is 2.95 bits per heavy atom. The van der Waals surface area contributed by atoms with Gasteiger partial charge in [-0.1, -0.05) is 18.2 Å². The average Bonchev–Trinajstić information content (AvgIpc) is 2.50. The third-order valence-corrected chi connectivity index (χ3v) is 3.69. The zero-order chi connectivity index (χ0) is 14.1. The number of benzene rings is 1. The number of allylic oxidation sites excluding steroid dienone is 2. The van der Waals surface area contributed by atoms with Crippen molar-refractivity contribution >= 4 is 5.97 Å². The van der Waals surface area contributed by atoms with Crippen LogP contribution in [-0.4, -0.2) is 20.2 Å². The zero-order valence-corrected chi connectivity index (χ0v) is 11.5. The first kappa shape index (κ1) is 12.8. The molecule has 1 heterocycles. The smallest absolute Gasteiger partial charge is 0.312 e. The van der Waals surface area contributed by atoms with Crippen LogP contribution in [0.3, 0.4) is 0 Å². The van der Waals surface area contributed by atoms with Gasteiger partial charge in [0.2, 0.25) is 0 Å². The van der Waals surface area contributed by atoms with Gasteiger partial charge in [0.1, 0.15) is 5.76 Å². The molecule has 2 aliphatic rings. The highest BCUT2D eigenvalue weighted by Gasteiger charge is 2.28. The fourth-order valence-corrected chi connectivity index (χ4v) is 2.65. The summed E-state index contributed by atoms with van der Waals surface area (Å²) in [4.78, 5) is 11.6. The Morgan fingerprint density at radius 2 is 2.20 bits per heavy atom. The number of methoxy groups -OCH3 is 2. The summed E-state index contributed by atoms with van der Waals surface area (Å²) in [5, 5.41) is 0. The lowest BCUT2D eigenvalue weighted by atomic mass is 9.88. The van der Waals surface area contributed by atoms with Crippen LogP contribution in [0, 0.1) is 5.92 Å². The van der Waals surface area contributed by atoms with Crippen LogP contribution in [0.5, 0.6) is 11.5 Å². The Bertz CT molecular complexity index is 613. The SMILES string of the molecule is COC(=O)[C@H]1C=CC2=C(Cc3cccc(OC)c3O2)C1. The molecule has 1 aliphatic heterocycles. The van der Waals surface area contributed by atoms with Gasteiger partial charge >= 0.3 is 5.97 Å². The zero-order valence-electron chi connectivity index (χ0n) is 11.5. The van der Waals surface area contributed by atoms with E-state index < -0.39 is 0 Å². The monoisotopic (exact) mass is 272 g/mol. The van der Waals surface area contributed by atoms with Crippen LogP contribution in [0.25, 0.3) is 0 Å². The molecule has 20 heavy (non-hydrogen) atoms. The first-order valence-corrected chi connectivity index (χ1v) is 6.54. The molecular formula is C16H16O4. The maximum absolute atomic E-state index is 11.6. The van der Waals surface area contributed by atoms with Gasteiger partial charge in [-0.2, -0.15) is 0 Å². The lowest BCUT2D eigenvalue weighted by Gasteiger charge is -2.27. The Hall–Kier alpha value is -2.23. The number of hydrogen-bond acceptors (Lipinski definition) is 4. The third-order valence-electron chi connectivity index (χ3n) is 3.69. The van der Waals surface area contributed by atoms with Crippen molar-refractivity contribution in [3.05, 3.63) is 47.2 Å². The summed E-state index contributed by atoms with van der Waals surface area (Å²) in [5.41, 5.74) is 2.21. The largest absolute Gasteiger partial charge is 0.493 e. The number of esters is 1. The molecule has 0 N–H and O–H groups in total. The first-order chi connectivity index (χ1) is 9.72. The molecule has 1 atom stereocenters. The summed E-state index contributed by atoms with van der Waals surface area (Å²) in [6, 6.07) is 5.85. The number of para-hydroxylation sites is 1. The quantitative estimate of drug-likeness (QED) is 0.776. The third kappa shape index (κ3) is 2.07. The highest BCUT2D eigenvalue weighted by molar-refractivity contribution is 5.75. The normalized spacial score (nSPS) is 19.8. The van der Waals surface area contributed by atoms with Crippen LogP contribution >= 0.6 is 0 Å². The summed E-state index contributed by atoms with van der Waals surface area (Å²) < 4.78 is 16.1. The number of rotatable bonds is 2. The molecule has 104 valence electrons. The van der Waals surface area contributed by atoms with Gasteiger partial charge < -0.3 is 14.2 Å². The first-order valence-electron chi connectivity index (χ1n) is 6.54. The Morgan fingerprint density at radius 1 is 1.35 bits per heavy atom. The van der Waals surface area contributed by atoms with Crippen molar-refractivity contribution in [1.29, 1.82) is 0 Å². The minimum atomic E-state index is -0.213. The standard InChI is InChI=1S/C16H16O4/c1-18-14-5-3-4-10-8-12-9-11(16(17)19-2)6-7-13(12)20-15(10)14/h3-7,11H,8-9H2,1-2H3/t11-/m0/s1. The molecule has 0 aromatic heterocycles. The molecule has 0 saturated carbocycles. The number of fused-ring (bicyclic) bond motifs is 1. The van der Waals surface area contributed by atoms with E-state index in [9.17, 15) is 4.79 Å². The van der Waals surface area contributed by atoms with E-state index in [1.54, 1.807) is 7.11 Å². The molecule has 3 rings (SSSR count). The predicted octanol–water partition coefficient (Wildman–Crippen LogP) is 2.63. The summed E-state index contributed by atoms with van der Waals surface area (Å²) >= 11 is 0. The van der Waals surface area contributed by atoms with E-state index in [-0.39, 0.29) is 11.9 Å². The van der Waals surface area contributed by atoms with Crippen molar-refractivity contribution in [2.75, 3.05) is 14.2 Å². The van der Waals surface area contributed by atoms with Gasteiger partial charge in [-0.3, -0.25) is 4.79 Å². The molecule has 0 spiro atoms. The van der Waals surface area contributed by atoms with Gasteiger partial charge in [-0.25, -0.2) is 0 Å². The molecule has 0 unspecified atom stereocenters. The molecule has 0 bridgehead atoms. The second kappa shape index (κ2) is 5.04. The maximum atomic E-state index is 11.6. The van der Waals surface area contributed by atoms with E-state index in [1.165, 1.54) is 7.11 Å². The van der Waals surface area contributed by atoms with Crippen molar-refractivity contribution in [3.8, 4) is 11.5 Å². The van der Waals surface area contributed by atoms with Crippen LogP contribution in [0.2, 0.25) is 0 Å². The van der Waals surface area contributed by atoms with Crippen molar-refractivity contribution < 1.29 is 19.0 Å². The van der Waals surface area contributed by atoms with Crippen molar-refractivity contribution in [2.24, 2.45) is 5.92 Å². The molecular weight excluding hydrogens is 256 g/mol. The van der Waals surface area contributed by atoms with Crippen molar-refractivity contribution in [2.45, 2.75) is 12.8 Å². The Kier molecular flexibility index (Phi) is 3.22. The summed E-state index contributed by atoms with van der Waals surface area (Å²) in [6.07, 6.45) is 5.12. The fourth-order valence-electron chi connectivity index (χ4n) is 2.65. The molecule has 0 radical (unpaired) electrons. The Labute approximate surface area is 117 Å². The van der Waals surface area contributed by atoms with Gasteiger partial charge in [0.05, 0.1) is 20.1 Å². The van der Waals surface area contributed by atoms with Crippen LogP contribution in [0.4, 0.5) is 0 Å². The van der Waals surface area contributed by atoms with Crippen LogP contribution in [-0.2, 0) is 16.0 Å². The average molecular weight is 272 g/mol. The van der Waals surface area contributed by atoms with E-state index in [0.29, 0.717) is 6.42 Å². The lowest BCUT2D eigenvalue weighted by Crippen LogP contribution is -2.21.